The third kappa shape index (κ3) is 3.47. The molecule has 1 atom stereocenters. The van der Waals surface area contributed by atoms with E-state index in [1.54, 1.807) is 0 Å². The summed E-state index contributed by atoms with van der Waals surface area (Å²) in [7, 11) is 1.46. The van der Waals surface area contributed by atoms with Gasteiger partial charge in [0.25, 0.3) is 11.6 Å². The Morgan fingerprint density at radius 3 is 2.86 bits per heavy atom. The fraction of sp³-hybridized carbons (Fsp3) is 0.385. The smallest absolute Gasteiger partial charge is 0.293 e. The third-order valence-electron chi connectivity index (χ3n) is 3.31. The number of hydrogen-bond donors (Lipinski definition) is 3. The Morgan fingerprint density at radius 1 is 1.52 bits per heavy atom. The van der Waals surface area contributed by atoms with E-state index in [2.05, 4.69) is 16.0 Å². The third-order valence-corrected chi connectivity index (χ3v) is 3.31. The van der Waals surface area contributed by atoms with Gasteiger partial charge in [0.2, 0.25) is 5.91 Å². The maximum Gasteiger partial charge on any atom is 0.293 e. The lowest BCUT2D eigenvalue weighted by atomic mass is 10.1. The summed E-state index contributed by atoms with van der Waals surface area (Å²) >= 11 is 0. The van der Waals surface area contributed by atoms with Crippen molar-refractivity contribution in [2.24, 2.45) is 0 Å². The first-order valence-electron chi connectivity index (χ1n) is 6.55. The Morgan fingerprint density at radius 2 is 2.29 bits per heavy atom. The van der Waals surface area contributed by atoms with Crippen LogP contribution in [0.3, 0.4) is 0 Å². The molecule has 0 aromatic heterocycles. The molecule has 1 fully saturated rings. The molecule has 0 bridgehead atoms. The van der Waals surface area contributed by atoms with Gasteiger partial charge in [-0.25, -0.2) is 0 Å². The number of amides is 2. The number of rotatable bonds is 5. The number of nitrogens with one attached hydrogen (secondary N) is 3. The van der Waals surface area contributed by atoms with Crippen LogP contribution in [0.2, 0.25) is 0 Å². The van der Waals surface area contributed by atoms with E-state index in [4.69, 9.17) is 0 Å². The van der Waals surface area contributed by atoms with Crippen molar-refractivity contribution in [2.75, 3.05) is 18.9 Å². The first kappa shape index (κ1) is 14.8. The second-order valence-corrected chi connectivity index (χ2v) is 4.75. The van der Waals surface area contributed by atoms with Gasteiger partial charge in [0.15, 0.2) is 0 Å². The largest absolute Gasteiger partial charge is 0.377 e. The zero-order valence-corrected chi connectivity index (χ0v) is 11.5. The maximum absolute atomic E-state index is 11.5. The lowest BCUT2D eigenvalue weighted by Gasteiger charge is -2.13. The number of nitrogens with zero attached hydrogens (tertiary/aromatic N) is 1. The minimum absolute atomic E-state index is 0.00809. The fourth-order valence-corrected chi connectivity index (χ4v) is 2.18. The highest BCUT2D eigenvalue weighted by Crippen LogP contribution is 2.26. The van der Waals surface area contributed by atoms with Gasteiger partial charge in [-0.15, -0.1) is 0 Å². The van der Waals surface area contributed by atoms with Crippen LogP contribution in [0, 0.1) is 10.1 Å². The molecular weight excluding hydrogens is 276 g/mol. The topological polar surface area (TPSA) is 113 Å². The minimum atomic E-state index is -0.540. The van der Waals surface area contributed by atoms with Gasteiger partial charge >= 0.3 is 0 Å². The molecular formula is C13H16N4O4. The van der Waals surface area contributed by atoms with Crippen molar-refractivity contribution in [3.63, 3.8) is 0 Å². The SMILES string of the molecule is CNC(=O)c1ccc(NCC2CCC(=O)N2)c([N+](=O)[O-])c1. The molecule has 1 heterocycles. The van der Waals surface area contributed by atoms with Crippen LogP contribution in [-0.2, 0) is 4.79 Å². The summed E-state index contributed by atoms with van der Waals surface area (Å²) in [6, 6.07) is 4.21. The van der Waals surface area contributed by atoms with Gasteiger partial charge in [-0.05, 0) is 18.6 Å². The summed E-state index contributed by atoms with van der Waals surface area (Å²) in [5, 5.41) is 19.2. The number of carbonyl (C=O) groups is 2. The summed E-state index contributed by atoms with van der Waals surface area (Å²) in [5.41, 5.74) is 0.387. The normalized spacial score (nSPS) is 17.2. The highest BCUT2D eigenvalue weighted by Gasteiger charge is 2.22. The second-order valence-electron chi connectivity index (χ2n) is 4.75. The lowest BCUT2D eigenvalue weighted by molar-refractivity contribution is -0.384. The number of nitro benzene ring substituents is 1. The molecule has 112 valence electrons. The van der Waals surface area contributed by atoms with Crippen molar-refractivity contribution in [3.05, 3.63) is 33.9 Å². The monoisotopic (exact) mass is 292 g/mol. The summed E-state index contributed by atoms with van der Waals surface area (Å²) in [6.07, 6.45) is 1.18. The zero-order valence-electron chi connectivity index (χ0n) is 11.5. The molecule has 1 saturated heterocycles. The molecule has 2 rings (SSSR count). The van der Waals surface area contributed by atoms with Crippen molar-refractivity contribution in [1.29, 1.82) is 0 Å². The van der Waals surface area contributed by atoms with E-state index in [0.29, 0.717) is 25.1 Å². The van der Waals surface area contributed by atoms with Gasteiger partial charge in [0, 0.05) is 37.7 Å². The van der Waals surface area contributed by atoms with Crippen molar-refractivity contribution in [2.45, 2.75) is 18.9 Å². The van der Waals surface area contributed by atoms with Crippen molar-refractivity contribution < 1.29 is 14.5 Å². The lowest BCUT2D eigenvalue weighted by Crippen LogP contribution is -2.31. The van der Waals surface area contributed by atoms with Crippen LogP contribution in [0.25, 0.3) is 0 Å². The molecule has 21 heavy (non-hydrogen) atoms. The Kier molecular flexibility index (Phi) is 4.36. The summed E-state index contributed by atoms with van der Waals surface area (Å²) in [6.45, 7) is 0.409. The van der Waals surface area contributed by atoms with E-state index in [0.717, 1.165) is 0 Å². The molecule has 0 spiro atoms. The van der Waals surface area contributed by atoms with Gasteiger partial charge in [-0.1, -0.05) is 0 Å². The highest BCUT2D eigenvalue weighted by atomic mass is 16.6. The second kappa shape index (κ2) is 6.21. The minimum Gasteiger partial charge on any atom is -0.377 e. The van der Waals surface area contributed by atoms with E-state index in [1.165, 1.54) is 25.2 Å². The maximum atomic E-state index is 11.5. The Labute approximate surface area is 121 Å². The summed E-state index contributed by atoms with van der Waals surface area (Å²) in [5.74, 6) is -0.390. The van der Waals surface area contributed by atoms with Gasteiger partial charge in [-0.3, -0.25) is 19.7 Å². The molecule has 8 nitrogen and oxygen atoms in total. The van der Waals surface area contributed by atoms with E-state index >= 15 is 0 Å². The quantitative estimate of drug-likeness (QED) is 0.544. The summed E-state index contributed by atoms with van der Waals surface area (Å²) < 4.78 is 0. The molecule has 8 heteroatoms. The van der Waals surface area contributed by atoms with Gasteiger partial charge in [0.05, 0.1) is 4.92 Å². The average Bonchev–Trinajstić information content (AvgIpc) is 2.89. The molecule has 0 radical (unpaired) electrons. The predicted octanol–water partition coefficient (Wildman–Crippen LogP) is 0.645. The molecule has 1 unspecified atom stereocenters. The van der Waals surface area contributed by atoms with Crippen LogP contribution < -0.4 is 16.0 Å². The molecule has 3 N–H and O–H groups in total. The zero-order chi connectivity index (χ0) is 15.4. The number of carbonyl (C=O) groups excluding carboxylic acids is 2. The van der Waals surface area contributed by atoms with Crippen LogP contribution >= 0.6 is 0 Å². The highest BCUT2D eigenvalue weighted by molar-refractivity contribution is 5.95. The molecule has 1 aromatic carbocycles. The van der Waals surface area contributed by atoms with Crippen molar-refractivity contribution in [3.8, 4) is 0 Å². The van der Waals surface area contributed by atoms with Crippen LogP contribution in [0.15, 0.2) is 18.2 Å². The average molecular weight is 292 g/mol. The van der Waals surface area contributed by atoms with E-state index in [1.807, 2.05) is 0 Å². The Hall–Kier alpha value is -2.64. The number of nitro groups is 1. The first-order chi connectivity index (χ1) is 10.0. The molecule has 2 amide bonds. The van der Waals surface area contributed by atoms with Crippen LogP contribution in [0.1, 0.15) is 23.2 Å². The van der Waals surface area contributed by atoms with E-state index < -0.39 is 4.92 Å². The molecule has 1 aliphatic heterocycles. The Bertz CT molecular complexity index is 588. The van der Waals surface area contributed by atoms with Crippen LogP contribution in [0.4, 0.5) is 11.4 Å². The summed E-state index contributed by atoms with van der Waals surface area (Å²) in [4.78, 5) is 33.2. The first-order valence-corrected chi connectivity index (χ1v) is 6.55. The van der Waals surface area contributed by atoms with E-state index in [9.17, 15) is 19.7 Å². The van der Waals surface area contributed by atoms with Crippen molar-refractivity contribution in [1.82, 2.24) is 10.6 Å². The number of anilines is 1. The Balaban J connectivity index is 2.13. The van der Waals surface area contributed by atoms with Gasteiger partial charge in [0.1, 0.15) is 5.69 Å². The predicted molar refractivity (Wildman–Crippen MR) is 76.1 cm³/mol. The van der Waals surface area contributed by atoms with Gasteiger partial charge in [-0.2, -0.15) is 0 Å². The molecule has 1 aliphatic rings. The van der Waals surface area contributed by atoms with E-state index in [-0.39, 0.29) is 29.1 Å². The van der Waals surface area contributed by atoms with Crippen molar-refractivity contribution >= 4 is 23.2 Å². The van der Waals surface area contributed by atoms with Gasteiger partial charge < -0.3 is 16.0 Å². The molecule has 1 aromatic rings. The van der Waals surface area contributed by atoms with Crippen LogP contribution in [-0.4, -0.2) is 36.4 Å². The molecule has 0 saturated carbocycles. The van der Waals surface area contributed by atoms with Crippen LogP contribution in [0.5, 0.6) is 0 Å². The standard InChI is InChI=1S/C13H16N4O4/c1-14-13(19)8-2-4-10(11(6-8)17(20)21)15-7-9-3-5-12(18)16-9/h2,4,6,9,15H,3,5,7H2,1H3,(H,14,19)(H,16,18). The number of benzene rings is 1. The fourth-order valence-electron chi connectivity index (χ4n) is 2.18. The molecule has 0 aliphatic carbocycles. The number of hydrogen-bond acceptors (Lipinski definition) is 5.